The van der Waals surface area contributed by atoms with Crippen LogP contribution in [-0.2, 0) is 23.0 Å². The molecule has 2 aromatic heterocycles. The minimum atomic E-state index is -4.00. The summed E-state index contributed by atoms with van der Waals surface area (Å²) in [5, 5.41) is 0.546. The van der Waals surface area contributed by atoms with E-state index in [2.05, 4.69) is 33.5 Å². The molecule has 0 aliphatic rings. The third-order valence-corrected chi connectivity index (χ3v) is 7.43. The molecule has 2 heterocycles. The second-order valence-electron chi connectivity index (χ2n) is 8.89. The van der Waals surface area contributed by atoms with Crippen molar-refractivity contribution in [2.75, 3.05) is 11.8 Å². The number of aromatic nitrogens is 4. The molecule has 0 aliphatic carbocycles. The summed E-state index contributed by atoms with van der Waals surface area (Å²) in [6.45, 7) is 6.74. The van der Waals surface area contributed by atoms with Crippen molar-refractivity contribution in [3.8, 4) is 16.9 Å². The standard InChI is InChI=1S/C26H28ClN5O3S/c1-17(2)11-19-5-8-25(36(33,34)31-26-29-14-22(35-4)15-30-26)23(12-19)20-6-7-21(24(27)13-20)16-32-10-9-28-18(32)3/h5-10,12-15,17H,11,16H2,1-4H3,(H,29,30,31). The largest absolute Gasteiger partial charge is 0.494 e. The van der Waals surface area contributed by atoms with Crippen LogP contribution in [-0.4, -0.2) is 35.0 Å². The molecule has 0 atom stereocenters. The topological polar surface area (TPSA) is 99.0 Å². The zero-order valence-electron chi connectivity index (χ0n) is 20.6. The van der Waals surface area contributed by atoms with Gasteiger partial charge < -0.3 is 9.30 Å². The third kappa shape index (κ3) is 5.85. The normalized spacial score (nSPS) is 11.6. The molecule has 0 spiro atoms. The lowest BCUT2D eigenvalue weighted by Gasteiger charge is -2.16. The second-order valence-corrected chi connectivity index (χ2v) is 10.9. The molecular weight excluding hydrogens is 498 g/mol. The summed E-state index contributed by atoms with van der Waals surface area (Å²) in [6, 6.07) is 11.0. The highest BCUT2D eigenvalue weighted by molar-refractivity contribution is 7.92. The molecule has 36 heavy (non-hydrogen) atoms. The van der Waals surface area contributed by atoms with Gasteiger partial charge in [0.25, 0.3) is 10.0 Å². The number of hydrogen-bond acceptors (Lipinski definition) is 6. The highest BCUT2D eigenvalue weighted by Gasteiger charge is 2.22. The molecule has 0 saturated heterocycles. The smallest absolute Gasteiger partial charge is 0.264 e. The number of benzene rings is 2. The van der Waals surface area contributed by atoms with E-state index in [0.29, 0.717) is 34.4 Å². The van der Waals surface area contributed by atoms with Gasteiger partial charge in [-0.1, -0.05) is 43.6 Å². The summed E-state index contributed by atoms with van der Waals surface area (Å²) in [4.78, 5) is 12.4. The predicted octanol–water partition coefficient (Wildman–Crippen LogP) is 5.36. The maximum atomic E-state index is 13.4. The van der Waals surface area contributed by atoms with Gasteiger partial charge in [0.1, 0.15) is 5.82 Å². The van der Waals surface area contributed by atoms with E-state index in [9.17, 15) is 8.42 Å². The lowest BCUT2D eigenvalue weighted by atomic mass is 9.97. The van der Waals surface area contributed by atoms with Gasteiger partial charge in [-0.05, 0) is 54.2 Å². The first kappa shape index (κ1) is 25.7. The fourth-order valence-electron chi connectivity index (χ4n) is 3.88. The Labute approximate surface area is 216 Å². The maximum Gasteiger partial charge on any atom is 0.264 e. The van der Waals surface area contributed by atoms with E-state index in [1.807, 2.05) is 42.0 Å². The number of nitrogens with one attached hydrogen (secondary N) is 1. The third-order valence-electron chi connectivity index (χ3n) is 5.70. The molecule has 0 bridgehead atoms. The van der Waals surface area contributed by atoms with Crippen molar-refractivity contribution < 1.29 is 13.2 Å². The quantitative estimate of drug-likeness (QED) is 0.316. The van der Waals surface area contributed by atoms with Gasteiger partial charge in [-0.15, -0.1) is 0 Å². The summed E-state index contributed by atoms with van der Waals surface area (Å²) in [5.74, 6) is 1.68. The van der Waals surface area contributed by atoms with Gasteiger partial charge in [-0.25, -0.2) is 28.1 Å². The Morgan fingerprint density at radius 1 is 1.08 bits per heavy atom. The monoisotopic (exact) mass is 525 g/mol. The van der Waals surface area contributed by atoms with Gasteiger partial charge in [-0.2, -0.15) is 0 Å². The van der Waals surface area contributed by atoms with Crippen LogP contribution in [0.4, 0.5) is 5.95 Å². The molecule has 8 nitrogen and oxygen atoms in total. The Morgan fingerprint density at radius 3 is 2.44 bits per heavy atom. The molecule has 0 fully saturated rings. The van der Waals surface area contributed by atoms with Crippen molar-refractivity contribution >= 4 is 27.6 Å². The van der Waals surface area contributed by atoms with Crippen LogP contribution in [0.25, 0.3) is 11.1 Å². The fraction of sp³-hybridized carbons (Fsp3) is 0.269. The maximum absolute atomic E-state index is 13.4. The van der Waals surface area contributed by atoms with Gasteiger partial charge >= 0.3 is 0 Å². The number of aryl methyl sites for hydroxylation is 1. The van der Waals surface area contributed by atoms with E-state index in [-0.39, 0.29) is 10.8 Å². The summed E-state index contributed by atoms with van der Waals surface area (Å²) >= 11 is 6.67. The van der Waals surface area contributed by atoms with Gasteiger partial charge in [0, 0.05) is 23.0 Å². The lowest BCUT2D eigenvalue weighted by molar-refractivity contribution is 0.411. The number of methoxy groups -OCH3 is 1. The molecule has 0 radical (unpaired) electrons. The van der Waals surface area contributed by atoms with Crippen molar-refractivity contribution in [3.05, 3.63) is 83.2 Å². The summed E-state index contributed by atoms with van der Waals surface area (Å²) in [5.41, 5.74) is 3.21. The number of sulfonamides is 1. The Balaban J connectivity index is 1.73. The van der Waals surface area contributed by atoms with E-state index in [1.54, 1.807) is 18.3 Å². The molecule has 188 valence electrons. The van der Waals surface area contributed by atoms with Crippen LogP contribution in [0.15, 0.2) is 66.1 Å². The van der Waals surface area contributed by atoms with Crippen LogP contribution >= 0.6 is 11.6 Å². The molecular formula is C26H28ClN5O3S. The van der Waals surface area contributed by atoms with Gasteiger partial charge in [-0.3, -0.25) is 0 Å². The van der Waals surface area contributed by atoms with E-state index < -0.39 is 10.0 Å². The zero-order valence-corrected chi connectivity index (χ0v) is 22.1. The van der Waals surface area contributed by atoms with Crippen LogP contribution in [0, 0.1) is 12.8 Å². The minimum absolute atomic E-state index is 0.0444. The van der Waals surface area contributed by atoms with Crippen LogP contribution in [0.1, 0.15) is 30.8 Å². The minimum Gasteiger partial charge on any atom is -0.494 e. The predicted molar refractivity (Wildman–Crippen MR) is 141 cm³/mol. The number of rotatable bonds is 9. The highest BCUT2D eigenvalue weighted by Crippen LogP contribution is 2.33. The van der Waals surface area contributed by atoms with Gasteiger partial charge in [0.05, 0.1) is 30.9 Å². The summed E-state index contributed by atoms with van der Waals surface area (Å²) < 4.78 is 36.4. The second kappa shape index (κ2) is 10.7. The number of ether oxygens (including phenoxy) is 1. The lowest BCUT2D eigenvalue weighted by Crippen LogP contribution is -2.16. The Hall–Kier alpha value is -3.43. The number of hydrogen-bond donors (Lipinski definition) is 1. The fourth-order valence-corrected chi connectivity index (χ4v) is 5.29. The first-order valence-corrected chi connectivity index (χ1v) is 13.3. The Morgan fingerprint density at radius 2 is 1.83 bits per heavy atom. The van der Waals surface area contributed by atoms with E-state index in [0.717, 1.165) is 23.4 Å². The van der Waals surface area contributed by atoms with Crippen LogP contribution in [0.2, 0.25) is 5.02 Å². The molecule has 4 rings (SSSR count). The molecule has 4 aromatic rings. The molecule has 1 N–H and O–H groups in total. The summed E-state index contributed by atoms with van der Waals surface area (Å²) in [6.07, 6.45) is 7.26. The SMILES string of the molecule is COc1cnc(NS(=O)(=O)c2ccc(CC(C)C)cc2-c2ccc(Cn3ccnc3C)c(Cl)c2)nc1. The Kier molecular flexibility index (Phi) is 7.61. The zero-order chi connectivity index (χ0) is 25.9. The first-order valence-electron chi connectivity index (χ1n) is 11.4. The molecule has 0 aliphatic heterocycles. The van der Waals surface area contributed by atoms with E-state index >= 15 is 0 Å². The molecule has 0 unspecified atom stereocenters. The number of imidazole rings is 1. The van der Waals surface area contributed by atoms with Gasteiger partial charge in [0.2, 0.25) is 5.95 Å². The Bertz CT molecular complexity index is 1470. The average molecular weight is 526 g/mol. The average Bonchev–Trinajstić information content (AvgIpc) is 3.24. The summed E-state index contributed by atoms with van der Waals surface area (Å²) in [7, 11) is -2.51. The molecule has 0 amide bonds. The van der Waals surface area contributed by atoms with Crippen molar-refractivity contribution in [2.45, 2.75) is 38.6 Å². The highest BCUT2D eigenvalue weighted by atomic mass is 35.5. The van der Waals surface area contributed by atoms with Crippen LogP contribution in [0.5, 0.6) is 5.75 Å². The first-order chi connectivity index (χ1) is 17.2. The van der Waals surface area contributed by atoms with Crippen molar-refractivity contribution in [3.63, 3.8) is 0 Å². The molecule has 10 heteroatoms. The number of nitrogens with zero attached hydrogens (tertiary/aromatic N) is 4. The van der Waals surface area contributed by atoms with Crippen molar-refractivity contribution in [1.29, 1.82) is 0 Å². The van der Waals surface area contributed by atoms with Gasteiger partial charge in [0.15, 0.2) is 5.75 Å². The molecule has 0 saturated carbocycles. The van der Waals surface area contributed by atoms with Crippen LogP contribution < -0.4 is 9.46 Å². The number of halogens is 1. The van der Waals surface area contributed by atoms with E-state index in [1.165, 1.54) is 19.5 Å². The molecule has 2 aromatic carbocycles. The number of anilines is 1. The van der Waals surface area contributed by atoms with Crippen molar-refractivity contribution in [2.24, 2.45) is 5.92 Å². The van der Waals surface area contributed by atoms with Crippen molar-refractivity contribution in [1.82, 2.24) is 19.5 Å². The van der Waals surface area contributed by atoms with Crippen LogP contribution in [0.3, 0.4) is 0 Å². The van der Waals surface area contributed by atoms with E-state index in [4.69, 9.17) is 16.3 Å².